The first-order valence-corrected chi connectivity index (χ1v) is 7.57. The van der Waals surface area contributed by atoms with E-state index in [0.29, 0.717) is 12.0 Å². The molecule has 0 saturated heterocycles. The number of allylic oxidation sites excluding steroid dienone is 3. The Balaban J connectivity index is 2.27. The third-order valence-corrected chi connectivity index (χ3v) is 3.56. The molecule has 0 unspecified atom stereocenters. The van der Waals surface area contributed by atoms with Gasteiger partial charge in [-0.25, -0.2) is 0 Å². The van der Waals surface area contributed by atoms with Gasteiger partial charge in [-0.15, -0.1) is 0 Å². The highest BCUT2D eigenvalue weighted by Crippen LogP contribution is 2.32. The first-order chi connectivity index (χ1) is 11.4. The second-order valence-electron chi connectivity index (χ2n) is 5.73. The van der Waals surface area contributed by atoms with E-state index in [-0.39, 0.29) is 28.6 Å². The first kappa shape index (κ1) is 17.3. The van der Waals surface area contributed by atoms with Crippen molar-refractivity contribution in [2.45, 2.75) is 20.3 Å². The topological polar surface area (TPSA) is 77.8 Å². The number of carbonyl (C=O) groups is 1. The minimum atomic E-state index is -0.362. The Morgan fingerprint density at radius 1 is 1.00 bits per heavy atom. The summed E-state index contributed by atoms with van der Waals surface area (Å²) in [5.74, 6) is -0.450. The van der Waals surface area contributed by atoms with Gasteiger partial charge in [0.25, 0.3) is 0 Å². The average molecular weight is 324 g/mol. The van der Waals surface area contributed by atoms with E-state index in [9.17, 15) is 20.1 Å². The normalized spacial score (nSPS) is 10.8. The predicted molar refractivity (Wildman–Crippen MR) is 94.4 cm³/mol. The third-order valence-electron chi connectivity index (χ3n) is 3.56. The van der Waals surface area contributed by atoms with Crippen molar-refractivity contribution in [3.05, 3.63) is 70.8 Å². The quantitative estimate of drug-likeness (QED) is 0.437. The smallest absolute Gasteiger partial charge is 0.189 e. The van der Waals surface area contributed by atoms with E-state index in [1.807, 2.05) is 19.9 Å². The summed E-state index contributed by atoms with van der Waals surface area (Å²) in [6.07, 6.45) is 5.17. The molecule has 0 saturated carbocycles. The van der Waals surface area contributed by atoms with E-state index in [0.717, 1.165) is 11.1 Å². The molecule has 0 aromatic heterocycles. The zero-order valence-electron chi connectivity index (χ0n) is 13.7. The van der Waals surface area contributed by atoms with Crippen molar-refractivity contribution < 1.29 is 20.1 Å². The van der Waals surface area contributed by atoms with Crippen molar-refractivity contribution in [2.75, 3.05) is 0 Å². The maximum absolute atomic E-state index is 12.3. The highest BCUT2D eigenvalue weighted by atomic mass is 16.3. The Morgan fingerprint density at radius 2 is 1.67 bits per heavy atom. The molecule has 0 aliphatic rings. The average Bonchev–Trinajstić information content (AvgIpc) is 2.53. The van der Waals surface area contributed by atoms with Crippen LogP contribution in [-0.4, -0.2) is 21.1 Å². The molecule has 0 heterocycles. The molecule has 3 N–H and O–H groups in total. The van der Waals surface area contributed by atoms with Crippen molar-refractivity contribution >= 4 is 11.9 Å². The second kappa shape index (κ2) is 7.51. The molecule has 0 radical (unpaired) electrons. The van der Waals surface area contributed by atoms with Crippen molar-refractivity contribution in [1.82, 2.24) is 0 Å². The van der Waals surface area contributed by atoms with E-state index in [1.165, 1.54) is 30.3 Å². The Bertz CT molecular complexity index is 795. The van der Waals surface area contributed by atoms with Gasteiger partial charge in [-0.1, -0.05) is 29.9 Å². The van der Waals surface area contributed by atoms with E-state index >= 15 is 0 Å². The standard InChI is InChI=1S/C20H20O4/c1-13(2)3-9-16-19(23)12-10-17(20(16)24)18(22)11-6-14-4-7-15(21)8-5-14/h3-8,10-12,21,23-24H,9H2,1-2H3/b11-6-. The number of ketones is 1. The molecule has 0 fully saturated rings. The number of hydrogen-bond acceptors (Lipinski definition) is 4. The zero-order chi connectivity index (χ0) is 17.7. The molecule has 4 heteroatoms. The number of aromatic hydroxyl groups is 3. The molecule has 0 aliphatic heterocycles. The van der Waals surface area contributed by atoms with Crippen LogP contribution in [0.5, 0.6) is 17.2 Å². The Morgan fingerprint density at radius 3 is 2.29 bits per heavy atom. The summed E-state index contributed by atoms with van der Waals surface area (Å²) in [5.41, 5.74) is 2.28. The summed E-state index contributed by atoms with van der Waals surface area (Å²) < 4.78 is 0. The Labute approximate surface area is 141 Å². The number of hydrogen-bond donors (Lipinski definition) is 3. The number of rotatable bonds is 5. The number of benzene rings is 2. The molecular weight excluding hydrogens is 304 g/mol. The molecule has 0 amide bonds. The maximum Gasteiger partial charge on any atom is 0.189 e. The van der Waals surface area contributed by atoms with Gasteiger partial charge >= 0.3 is 0 Å². The molecule has 0 bridgehead atoms. The van der Waals surface area contributed by atoms with Crippen LogP contribution in [0.25, 0.3) is 6.08 Å². The summed E-state index contributed by atoms with van der Waals surface area (Å²) in [4.78, 5) is 12.3. The molecule has 2 aromatic rings. The van der Waals surface area contributed by atoms with Gasteiger partial charge in [-0.3, -0.25) is 4.79 Å². The van der Waals surface area contributed by atoms with Gasteiger partial charge in [0.2, 0.25) is 0 Å². The second-order valence-corrected chi connectivity index (χ2v) is 5.73. The van der Waals surface area contributed by atoms with Gasteiger partial charge in [0.05, 0.1) is 5.56 Å². The predicted octanol–water partition coefficient (Wildman–Crippen LogP) is 4.21. The lowest BCUT2D eigenvalue weighted by molar-refractivity contribution is 0.104. The summed E-state index contributed by atoms with van der Waals surface area (Å²) in [6.45, 7) is 3.84. The van der Waals surface area contributed by atoms with Gasteiger partial charge in [0, 0.05) is 5.56 Å². The van der Waals surface area contributed by atoms with Crippen LogP contribution in [0.1, 0.15) is 35.3 Å². The van der Waals surface area contributed by atoms with Gasteiger partial charge in [-0.05, 0) is 56.2 Å². The number of phenols is 3. The summed E-state index contributed by atoms with van der Waals surface area (Å²) in [6, 6.07) is 9.22. The minimum absolute atomic E-state index is 0.0379. The molecule has 24 heavy (non-hydrogen) atoms. The van der Waals surface area contributed by atoms with Gasteiger partial charge in [0.15, 0.2) is 5.78 Å². The summed E-state index contributed by atoms with van der Waals surface area (Å²) in [5, 5.41) is 29.5. The minimum Gasteiger partial charge on any atom is -0.508 e. The summed E-state index contributed by atoms with van der Waals surface area (Å²) >= 11 is 0. The first-order valence-electron chi connectivity index (χ1n) is 7.57. The van der Waals surface area contributed by atoms with Gasteiger partial charge < -0.3 is 15.3 Å². The van der Waals surface area contributed by atoms with Crippen LogP contribution in [0, 0.1) is 0 Å². The van der Waals surface area contributed by atoms with Crippen LogP contribution < -0.4 is 0 Å². The fourth-order valence-corrected chi connectivity index (χ4v) is 2.18. The van der Waals surface area contributed by atoms with Gasteiger partial charge in [0.1, 0.15) is 17.2 Å². The summed E-state index contributed by atoms with van der Waals surface area (Å²) in [7, 11) is 0. The SMILES string of the molecule is CC(C)=CCc1c(O)ccc(C(=O)/C=C\c2ccc(O)cc2)c1O. The maximum atomic E-state index is 12.3. The van der Waals surface area contributed by atoms with E-state index in [1.54, 1.807) is 18.2 Å². The Hall–Kier alpha value is -3.01. The highest BCUT2D eigenvalue weighted by molar-refractivity contribution is 6.09. The van der Waals surface area contributed by atoms with E-state index in [4.69, 9.17) is 0 Å². The largest absolute Gasteiger partial charge is 0.508 e. The molecule has 2 aromatic carbocycles. The zero-order valence-corrected chi connectivity index (χ0v) is 13.7. The fourth-order valence-electron chi connectivity index (χ4n) is 2.18. The molecule has 124 valence electrons. The highest BCUT2D eigenvalue weighted by Gasteiger charge is 2.15. The molecule has 0 atom stereocenters. The lowest BCUT2D eigenvalue weighted by Gasteiger charge is -2.09. The number of phenolic OH excluding ortho intramolecular Hbond substituents is 3. The lowest BCUT2D eigenvalue weighted by atomic mass is 10.0. The molecule has 0 aliphatic carbocycles. The molecule has 4 nitrogen and oxygen atoms in total. The molecule has 2 rings (SSSR count). The van der Waals surface area contributed by atoms with Crippen molar-refractivity contribution in [3.63, 3.8) is 0 Å². The third kappa shape index (κ3) is 4.26. The fraction of sp³-hybridized carbons (Fsp3) is 0.150. The van der Waals surface area contributed by atoms with E-state index < -0.39 is 0 Å². The monoisotopic (exact) mass is 324 g/mol. The van der Waals surface area contributed by atoms with Crippen LogP contribution in [0.15, 0.2) is 54.1 Å². The van der Waals surface area contributed by atoms with Crippen molar-refractivity contribution in [3.8, 4) is 17.2 Å². The molecular formula is C20H20O4. The van der Waals surface area contributed by atoms with Crippen LogP contribution in [0.4, 0.5) is 0 Å². The molecule has 0 spiro atoms. The van der Waals surface area contributed by atoms with Crippen LogP contribution in [-0.2, 0) is 6.42 Å². The van der Waals surface area contributed by atoms with Crippen molar-refractivity contribution in [2.24, 2.45) is 0 Å². The van der Waals surface area contributed by atoms with E-state index in [2.05, 4.69) is 0 Å². The number of carbonyl (C=O) groups excluding carboxylic acids is 1. The Kier molecular flexibility index (Phi) is 5.42. The van der Waals surface area contributed by atoms with Crippen LogP contribution in [0.2, 0.25) is 0 Å². The van der Waals surface area contributed by atoms with Gasteiger partial charge in [-0.2, -0.15) is 0 Å². The van der Waals surface area contributed by atoms with Crippen LogP contribution >= 0.6 is 0 Å². The van der Waals surface area contributed by atoms with Crippen molar-refractivity contribution in [1.29, 1.82) is 0 Å². The van der Waals surface area contributed by atoms with Crippen LogP contribution in [0.3, 0.4) is 0 Å². The lowest BCUT2D eigenvalue weighted by Crippen LogP contribution is -1.98.